The molecule has 0 fully saturated rings. The van der Waals surface area contributed by atoms with Gasteiger partial charge >= 0.3 is 0 Å². The summed E-state index contributed by atoms with van der Waals surface area (Å²) in [5.41, 5.74) is 2.94. The summed E-state index contributed by atoms with van der Waals surface area (Å²) in [6.45, 7) is 4.36. The summed E-state index contributed by atoms with van der Waals surface area (Å²) < 4.78 is 0. The molecule has 12 heavy (non-hydrogen) atoms. The van der Waals surface area contributed by atoms with Crippen LogP contribution in [0.4, 0.5) is 0 Å². The van der Waals surface area contributed by atoms with Crippen LogP contribution in [-0.2, 0) is 0 Å². The lowest BCUT2D eigenvalue weighted by Crippen LogP contribution is -1.83. The van der Waals surface area contributed by atoms with Crippen LogP contribution in [0.2, 0.25) is 0 Å². The van der Waals surface area contributed by atoms with Crippen molar-refractivity contribution >= 4 is 0 Å². The van der Waals surface area contributed by atoms with Gasteiger partial charge in [0.25, 0.3) is 0 Å². The van der Waals surface area contributed by atoms with Gasteiger partial charge in [-0.2, -0.15) is 0 Å². The summed E-state index contributed by atoms with van der Waals surface area (Å²) in [6, 6.07) is 0. The number of rotatable bonds is 4. The van der Waals surface area contributed by atoms with Crippen molar-refractivity contribution in [1.29, 1.82) is 0 Å². The van der Waals surface area contributed by atoms with Gasteiger partial charge in [0.2, 0.25) is 0 Å². The molecular weight excluding hydrogens is 144 g/mol. The van der Waals surface area contributed by atoms with Gasteiger partial charge in [-0.25, -0.2) is 0 Å². The van der Waals surface area contributed by atoms with E-state index in [-0.39, 0.29) is 0 Å². The van der Waals surface area contributed by atoms with E-state index in [9.17, 15) is 0 Å². The van der Waals surface area contributed by atoms with Crippen molar-refractivity contribution in [2.24, 2.45) is 0 Å². The Morgan fingerprint density at radius 3 is 2.83 bits per heavy atom. The molecule has 0 heterocycles. The summed E-state index contributed by atoms with van der Waals surface area (Å²) in [6.07, 6.45) is 14.0. The minimum absolute atomic E-state index is 1.25. The number of hydrogen-bond donors (Lipinski definition) is 0. The highest BCUT2D eigenvalue weighted by molar-refractivity contribution is 5.47. The fourth-order valence-corrected chi connectivity index (χ4v) is 1.55. The van der Waals surface area contributed by atoms with Gasteiger partial charge in [0.1, 0.15) is 0 Å². The van der Waals surface area contributed by atoms with Crippen molar-refractivity contribution in [2.75, 3.05) is 0 Å². The maximum Gasteiger partial charge on any atom is -0.0267 e. The van der Waals surface area contributed by atoms with E-state index in [1.165, 1.54) is 36.8 Å². The zero-order valence-electron chi connectivity index (χ0n) is 8.14. The number of unbranched alkanes of at least 4 members (excludes halogenated alkanes) is 2. The predicted octanol–water partition coefficient (Wildman–Crippen LogP) is 4.01. The minimum Gasteiger partial charge on any atom is -0.0801 e. The van der Waals surface area contributed by atoms with Crippen LogP contribution >= 0.6 is 0 Å². The van der Waals surface area contributed by atoms with Gasteiger partial charge in [0, 0.05) is 0 Å². The summed E-state index contributed by atoms with van der Waals surface area (Å²) in [4.78, 5) is 0. The van der Waals surface area contributed by atoms with Crippen LogP contribution in [0, 0.1) is 0 Å². The van der Waals surface area contributed by atoms with Crippen LogP contribution in [-0.4, -0.2) is 0 Å². The van der Waals surface area contributed by atoms with Crippen LogP contribution in [0.1, 0.15) is 39.5 Å². The largest absolute Gasteiger partial charge is 0.0801 e. The summed E-state index contributed by atoms with van der Waals surface area (Å²) in [5, 5.41) is 0. The van der Waals surface area contributed by atoms with E-state index in [1.54, 1.807) is 0 Å². The SMILES string of the molecule is C/C=C1\C=CC=C1CCCCC. The van der Waals surface area contributed by atoms with E-state index in [0.717, 1.165) is 0 Å². The molecule has 0 radical (unpaired) electrons. The smallest absolute Gasteiger partial charge is 0.0267 e. The van der Waals surface area contributed by atoms with Gasteiger partial charge < -0.3 is 0 Å². The maximum atomic E-state index is 2.25. The van der Waals surface area contributed by atoms with Crippen LogP contribution in [0.5, 0.6) is 0 Å². The standard InChI is InChI=1S/C12H18/c1-3-5-6-8-12-10-7-9-11(12)4-2/h4,7,9-10H,3,5-6,8H2,1-2H3/b11-4+. The van der Waals surface area contributed by atoms with Crippen molar-refractivity contribution < 1.29 is 0 Å². The zero-order valence-corrected chi connectivity index (χ0v) is 8.14. The zero-order chi connectivity index (χ0) is 8.81. The van der Waals surface area contributed by atoms with E-state index in [4.69, 9.17) is 0 Å². The molecule has 0 aromatic heterocycles. The summed E-state index contributed by atoms with van der Waals surface area (Å²) >= 11 is 0. The lowest BCUT2D eigenvalue weighted by Gasteiger charge is -2.03. The quantitative estimate of drug-likeness (QED) is 0.548. The molecule has 0 aliphatic heterocycles. The molecular formula is C12H18. The van der Waals surface area contributed by atoms with Crippen molar-refractivity contribution in [3.63, 3.8) is 0 Å². The molecule has 0 spiro atoms. The van der Waals surface area contributed by atoms with Crippen molar-refractivity contribution in [3.05, 3.63) is 35.5 Å². The maximum absolute atomic E-state index is 2.25. The monoisotopic (exact) mass is 162 g/mol. The number of hydrogen-bond acceptors (Lipinski definition) is 0. The van der Waals surface area contributed by atoms with Gasteiger partial charge in [-0.1, -0.05) is 44.1 Å². The Bertz CT molecular complexity index is 216. The fraction of sp³-hybridized carbons (Fsp3) is 0.500. The Morgan fingerprint density at radius 1 is 1.33 bits per heavy atom. The normalized spacial score (nSPS) is 18.8. The van der Waals surface area contributed by atoms with Gasteiger partial charge in [-0.15, -0.1) is 0 Å². The van der Waals surface area contributed by atoms with Crippen molar-refractivity contribution in [3.8, 4) is 0 Å². The van der Waals surface area contributed by atoms with E-state index >= 15 is 0 Å². The molecule has 0 N–H and O–H groups in total. The molecule has 0 heteroatoms. The van der Waals surface area contributed by atoms with Crippen molar-refractivity contribution in [2.45, 2.75) is 39.5 Å². The number of allylic oxidation sites excluding steroid dienone is 6. The van der Waals surface area contributed by atoms with Crippen LogP contribution in [0.15, 0.2) is 35.5 Å². The topological polar surface area (TPSA) is 0 Å². The molecule has 0 aromatic rings. The van der Waals surface area contributed by atoms with Crippen LogP contribution < -0.4 is 0 Å². The Hall–Kier alpha value is -0.780. The van der Waals surface area contributed by atoms with E-state index in [0.29, 0.717) is 0 Å². The predicted molar refractivity (Wildman–Crippen MR) is 55.1 cm³/mol. The Labute approximate surface area is 75.7 Å². The molecule has 0 aromatic carbocycles. The third-order valence-electron chi connectivity index (χ3n) is 2.30. The third kappa shape index (κ3) is 2.37. The Balaban J connectivity index is 2.34. The highest BCUT2D eigenvalue weighted by Gasteiger charge is 2.03. The van der Waals surface area contributed by atoms with Gasteiger partial charge in [-0.05, 0) is 30.9 Å². The van der Waals surface area contributed by atoms with E-state index in [2.05, 4.69) is 38.2 Å². The molecule has 0 atom stereocenters. The first-order valence-electron chi connectivity index (χ1n) is 4.92. The lowest BCUT2D eigenvalue weighted by molar-refractivity contribution is 0.718. The van der Waals surface area contributed by atoms with Crippen LogP contribution in [0.3, 0.4) is 0 Å². The first-order chi connectivity index (χ1) is 5.88. The molecule has 1 aliphatic rings. The highest BCUT2D eigenvalue weighted by atomic mass is 14.1. The molecule has 0 saturated carbocycles. The summed E-state index contributed by atoms with van der Waals surface area (Å²) in [5.74, 6) is 0. The van der Waals surface area contributed by atoms with E-state index < -0.39 is 0 Å². The highest BCUT2D eigenvalue weighted by Crippen LogP contribution is 2.23. The van der Waals surface area contributed by atoms with Crippen molar-refractivity contribution in [1.82, 2.24) is 0 Å². The average molecular weight is 162 g/mol. The second kappa shape index (κ2) is 4.97. The Morgan fingerprint density at radius 2 is 2.17 bits per heavy atom. The average Bonchev–Trinajstić information content (AvgIpc) is 2.52. The van der Waals surface area contributed by atoms with Gasteiger partial charge in [0.15, 0.2) is 0 Å². The summed E-state index contributed by atoms with van der Waals surface area (Å²) in [7, 11) is 0. The molecule has 1 aliphatic carbocycles. The van der Waals surface area contributed by atoms with Crippen LogP contribution in [0.25, 0.3) is 0 Å². The van der Waals surface area contributed by atoms with E-state index in [1.807, 2.05) is 0 Å². The molecule has 0 unspecified atom stereocenters. The second-order valence-electron chi connectivity index (χ2n) is 3.25. The third-order valence-corrected chi connectivity index (χ3v) is 2.30. The second-order valence-corrected chi connectivity index (χ2v) is 3.25. The Kier molecular flexibility index (Phi) is 3.86. The van der Waals surface area contributed by atoms with Gasteiger partial charge in [-0.3, -0.25) is 0 Å². The van der Waals surface area contributed by atoms with Gasteiger partial charge in [0.05, 0.1) is 0 Å². The molecule has 0 bridgehead atoms. The molecule has 0 nitrogen and oxygen atoms in total. The molecule has 0 saturated heterocycles. The first kappa shape index (κ1) is 9.31. The fourth-order valence-electron chi connectivity index (χ4n) is 1.55. The molecule has 66 valence electrons. The molecule has 0 amide bonds. The first-order valence-corrected chi connectivity index (χ1v) is 4.92. The lowest BCUT2D eigenvalue weighted by atomic mass is 10.0. The molecule has 1 rings (SSSR count). The minimum atomic E-state index is 1.25.